The third-order valence-electron chi connectivity index (χ3n) is 4.98. The number of rotatable bonds is 2. The van der Waals surface area contributed by atoms with Crippen LogP contribution in [0.15, 0.2) is 48.5 Å². The van der Waals surface area contributed by atoms with E-state index in [9.17, 15) is 14.7 Å². The lowest BCUT2D eigenvalue weighted by molar-refractivity contribution is -0.137. The molecule has 1 aromatic heterocycles. The highest BCUT2D eigenvalue weighted by Crippen LogP contribution is 2.24. The first-order chi connectivity index (χ1) is 13.9. The van der Waals surface area contributed by atoms with E-state index in [1.54, 1.807) is 29.9 Å². The summed E-state index contributed by atoms with van der Waals surface area (Å²) in [6, 6.07) is 14.6. The lowest BCUT2D eigenvalue weighted by Gasteiger charge is -2.13. The summed E-state index contributed by atoms with van der Waals surface area (Å²) >= 11 is 0. The Morgan fingerprint density at radius 2 is 2.03 bits per heavy atom. The molecule has 3 aromatic rings. The fourth-order valence-electron chi connectivity index (χ4n) is 3.37. The molecule has 0 radical (unpaired) electrons. The molecule has 29 heavy (non-hydrogen) atoms. The number of carbonyl (C=O) groups is 2. The summed E-state index contributed by atoms with van der Waals surface area (Å²) in [6.45, 7) is 0.472. The van der Waals surface area contributed by atoms with E-state index in [1.807, 2.05) is 30.3 Å². The first-order valence-corrected chi connectivity index (χ1v) is 9.10. The number of fused-ring (bicyclic) bond motifs is 1. The van der Waals surface area contributed by atoms with Gasteiger partial charge in [0.15, 0.2) is 5.69 Å². The van der Waals surface area contributed by atoms with Gasteiger partial charge in [0.2, 0.25) is 5.60 Å². The van der Waals surface area contributed by atoms with E-state index in [0.717, 1.165) is 5.52 Å². The molecule has 0 spiro atoms. The highest BCUT2D eigenvalue weighted by molar-refractivity contribution is 6.02. The Labute approximate surface area is 167 Å². The zero-order valence-electron chi connectivity index (χ0n) is 16.0. The van der Waals surface area contributed by atoms with Crippen molar-refractivity contribution in [3.05, 3.63) is 59.8 Å². The van der Waals surface area contributed by atoms with Crippen LogP contribution in [0.4, 0.5) is 0 Å². The molecule has 0 aliphatic carbocycles. The molecule has 1 fully saturated rings. The van der Waals surface area contributed by atoms with Crippen LogP contribution in [0.3, 0.4) is 0 Å². The van der Waals surface area contributed by atoms with Crippen molar-refractivity contribution >= 4 is 22.8 Å². The number of para-hydroxylation sites is 1. The van der Waals surface area contributed by atoms with Crippen LogP contribution in [-0.2, 0) is 9.53 Å². The molecule has 0 saturated carbocycles. The molecule has 2 aromatic carbocycles. The van der Waals surface area contributed by atoms with Crippen molar-refractivity contribution in [2.75, 3.05) is 20.7 Å². The molecule has 0 unspecified atom stereocenters. The van der Waals surface area contributed by atoms with Gasteiger partial charge in [-0.3, -0.25) is 4.79 Å². The van der Waals surface area contributed by atoms with Gasteiger partial charge in [0.05, 0.1) is 18.3 Å². The molecule has 1 atom stereocenters. The van der Waals surface area contributed by atoms with Crippen molar-refractivity contribution in [1.29, 1.82) is 0 Å². The van der Waals surface area contributed by atoms with Crippen LogP contribution >= 0.6 is 0 Å². The van der Waals surface area contributed by atoms with Crippen molar-refractivity contribution < 1.29 is 19.4 Å². The Balaban J connectivity index is 1.75. The third kappa shape index (κ3) is 3.24. The largest absolute Gasteiger partial charge is 0.464 e. The summed E-state index contributed by atoms with van der Waals surface area (Å²) in [6.07, 6.45) is 0.279. The second-order valence-electron chi connectivity index (χ2n) is 6.91. The quantitative estimate of drug-likeness (QED) is 0.533. The van der Waals surface area contributed by atoms with Gasteiger partial charge in [0, 0.05) is 31.0 Å². The highest BCUT2D eigenvalue weighted by Gasteiger charge is 2.42. The van der Waals surface area contributed by atoms with E-state index in [4.69, 9.17) is 4.74 Å². The van der Waals surface area contributed by atoms with Crippen LogP contribution < -0.4 is 0 Å². The van der Waals surface area contributed by atoms with Gasteiger partial charge in [-0.05, 0) is 24.3 Å². The number of benzene rings is 2. The third-order valence-corrected chi connectivity index (χ3v) is 4.98. The zero-order chi connectivity index (χ0) is 20.6. The molecular weight excluding hydrogens is 370 g/mol. The number of methoxy groups -OCH3 is 1. The molecule has 0 bridgehead atoms. The van der Waals surface area contributed by atoms with Crippen LogP contribution in [0.5, 0.6) is 0 Å². The maximum absolute atomic E-state index is 12.1. The normalized spacial score (nSPS) is 18.6. The van der Waals surface area contributed by atoms with Crippen molar-refractivity contribution in [1.82, 2.24) is 14.7 Å². The number of likely N-dealkylation sites (N-methyl/N-ethyl adjacent to an activating group) is 1. The predicted molar refractivity (Wildman–Crippen MR) is 106 cm³/mol. The number of hydrogen-bond donors (Lipinski definition) is 1. The van der Waals surface area contributed by atoms with Gasteiger partial charge in [0.25, 0.3) is 5.91 Å². The van der Waals surface area contributed by atoms with Crippen molar-refractivity contribution in [2.45, 2.75) is 12.0 Å². The van der Waals surface area contributed by atoms with Gasteiger partial charge in [-0.25, -0.2) is 9.48 Å². The van der Waals surface area contributed by atoms with Crippen LogP contribution in [0.25, 0.3) is 16.6 Å². The molecule has 1 saturated heterocycles. The highest BCUT2D eigenvalue weighted by atomic mass is 16.5. The number of amides is 1. The Morgan fingerprint density at radius 3 is 2.76 bits per heavy atom. The van der Waals surface area contributed by atoms with Crippen molar-refractivity contribution in [3.63, 3.8) is 0 Å². The zero-order valence-corrected chi connectivity index (χ0v) is 16.0. The van der Waals surface area contributed by atoms with Gasteiger partial charge in [-0.15, -0.1) is 0 Å². The topological polar surface area (TPSA) is 84.7 Å². The molecule has 2 heterocycles. The lowest BCUT2D eigenvalue weighted by atomic mass is 10.0. The minimum Gasteiger partial charge on any atom is -0.464 e. The second kappa shape index (κ2) is 7.08. The van der Waals surface area contributed by atoms with Gasteiger partial charge < -0.3 is 14.7 Å². The van der Waals surface area contributed by atoms with Gasteiger partial charge in [-0.1, -0.05) is 36.1 Å². The Hall–Kier alpha value is -3.63. The molecule has 1 N–H and O–H groups in total. The number of likely N-dealkylation sites (tertiary alicyclic amines) is 1. The average Bonchev–Trinajstić information content (AvgIpc) is 3.26. The van der Waals surface area contributed by atoms with Crippen molar-refractivity contribution in [2.24, 2.45) is 0 Å². The van der Waals surface area contributed by atoms with E-state index < -0.39 is 11.6 Å². The number of aliphatic hydroxyl groups is 1. The van der Waals surface area contributed by atoms with E-state index >= 15 is 0 Å². The molecule has 7 heteroatoms. The Kier molecular flexibility index (Phi) is 4.57. The number of carbonyl (C=O) groups excluding carboxylic acids is 2. The predicted octanol–water partition coefficient (Wildman–Crippen LogP) is 1.76. The number of hydrogen-bond acceptors (Lipinski definition) is 5. The number of aromatic nitrogens is 2. The Bertz CT molecular complexity index is 1190. The van der Waals surface area contributed by atoms with E-state index in [2.05, 4.69) is 16.9 Å². The van der Waals surface area contributed by atoms with Gasteiger partial charge in [-0.2, -0.15) is 5.10 Å². The summed E-state index contributed by atoms with van der Waals surface area (Å²) in [5, 5.41) is 15.6. The van der Waals surface area contributed by atoms with E-state index in [-0.39, 0.29) is 18.0 Å². The van der Waals surface area contributed by atoms with Crippen LogP contribution in [0.1, 0.15) is 22.5 Å². The first kappa shape index (κ1) is 18.7. The summed E-state index contributed by atoms with van der Waals surface area (Å²) in [5.41, 5.74) is 0.654. The molecule has 1 amide bonds. The van der Waals surface area contributed by atoms with Crippen LogP contribution in [-0.4, -0.2) is 58.0 Å². The summed E-state index contributed by atoms with van der Waals surface area (Å²) in [4.78, 5) is 25.7. The first-order valence-electron chi connectivity index (χ1n) is 9.10. The van der Waals surface area contributed by atoms with Crippen LogP contribution in [0.2, 0.25) is 0 Å². The fraction of sp³-hybridized carbons (Fsp3) is 0.227. The maximum atomic E-state index is 12.1. The molecule has 1 aliphatic rings. The average molecular weight is 389 g/mol. The van der Waals surface area contributed by atoms with Crippen LogP contribution in [0, 0.1) is 11.8 Å². The van der Waals surface area contributed by atoms with Crippen molar-refractivity contribution in [3.8, 4) is 17.5 Å². The number of ether oxygens (including phenoxy) is 1. The Morgan fingerprint density at radius 1 is 1.24 bits per heavy atom. The molecular formula is C22H19N3O4. The van der Waals surface area contributed by atoms with E-state index in [1.165, 1.54) is 12.0 Å². The standard InChI is InChI=1S/C22H19N3O4/c1-24-13-12-22(28,21(24)27)11-10-15-6-5-7-16(14-15)25-18-9-4-3-8-17(18)19(23-25)20(26)29-2/h3-9,14,28H,12-13H2,1-2H3/t22-/m1/s1. The number of esters is 1. The summed E-state index contributed by atoms with van der Waals surface area (Å²) < 4.78 is 6.49. The minimum absolute atomic E-state index is 0.230. The molecule has 146 valence electrons. The van der Waals surface area contributed by atoms with E-state index in [0.29, 0.717) is 23.2 Å². The monoisotopic (exact) mass is 389 g/mol. The fourth-order valence-corrected chi connectivity index (χ4v) is 3.37. The minimum atomic E-state index is -1.65. The SMILES string of the molecule is COC(=O)c1nn(-c2cccc(C#C[C@@]3(O)CCN(C)C3=O)c2)c2ccccc12. The second-order valence-corrected chi connectivity index (χ2v) is 6.91. The molecule has 7 nitrogen and oxygen atoms in total. The maximum Gasteiger partial charge on any atom is 0.359 e. The summed E-state index contributed by atoms with van der Waals surface area (Å²) in [7, 11) is 2.96. The molecule has 1 aliphatic heterocycles. The van der Waals surface area contributed by atoms with Gasteiger partial charge >= 0.3 is 5.97 Å². The summed E-state index contributed by atoms with van der Waals surface area (Å²) in [5.74, 6) is 4.71. The van der Waals surface area contributed by atoms with Gasteiger partial charge in [0.1, 0.15) is 0 Å². The smallest absolute Gasteiger partial charge is 0.359 e. The molecule has 4 rings (SSSR count). The number of nitrogens with zero attached hydrogens (tertiary/aromatic N) is 3. The lowest BCUT2D eigenvalue weighted by Crippen LogP contribution is -2.37.